The van der Waals surface area contributed by atoms with E-state index in [4.69, 9.17) is 9.47 Å². The van der Waals surface area contributed by atoms with Gasteiger partial charge in [-0.05, 0) is 12.1 Å². The standard InChI is InChI=1S/C10H10N2O2S/c1-2-8(10-12-4-6-14-10)15-7(1)9-11-3-5-13-9/h1-2H,3-6H2. The van der Waals surface area contributed by atoms with Gasteiger partial charge >= 0.3 is 0 Å². The molecule has 15 heavy (non-hydrogen) atoms. The summed E-state index contributed by atoms with van der Waals surface area (Å²) >= 11 is 1.62. The fourth-order valence-electron chi connectivity index (χ4n) is 1.54. The third-order valence-corrected chi connectivity index (χ3v) is 3.26. The first-order valence-electron chi connectivity index (χ1n) is 4.88. The fourth-order valence-corrected chi connectivity index (χ4v) is 2.47. The van der Waals surface area contributed by atoms with Gasteiger partial charge in [-0.15, -0.1) is 11.3 Å². The van der Waals surface area contributed by atoms with Crippen molar-refractivity contribution < 1.29 is 9.47 Å². The molecule has 0 amide bonds. The quantitative estimate of drug-likeness (QED) is 0.757. The maximum Gasteiger partial charge on any atom is 0.226 e. The number of hydrogen-bond acceptors (Lipinski definition) is 5. The molecule has 1 aromatic heterocycles. The normalized spacial score (nSPS) is 19.5. The molecule has 0 aliphatic carbocycles. The summed E-state index contributed by atoms with van der Waals surface area (Å²) in [4.78, 5) is 10.7. The van der Waals surface area contributed by atoms with Crippen molar-refractivity contribution in [1.82, 2.24) is 0 Å². The first kappa shape index (κ1) is 8.91. The first-order valence-corrected chi connectivity index (χ1v) is 5.70. The molecule has 0 N–H and O–H groups in total. The van der Waals surface area contributed by atoms with Crippen molar-refractivity contribution >= 4 is 23.1 Å². The Morgan fingerprint density at radius 1 is 0.933 bits per heavy atom. The smallest absolute Gasteiger partial charge is 0.226 e. The van der Waals surface area contributed by atoms with Gasteiger partial charge in [0.15, 0.2) is 0 Å². The topological polar surface area (TPSA) is 43.2 Å². The predicted octanol–water partition coefficient (Wildman–Crippen LogP) is 1.30. The summed E-state index contributed by atoms with van der Waals surface area (Å²) in [6.45, 7) is 2.92. The van der Waals surface area contributed by atoms with E-state index in [0.717, 1.165) is 34.6 Å². The van der Waals surface area contributed by atoms with E-state index in [2.05, 4.69) is 9.98 Å². The van der Waals surface area contributed by atoms with Crippen LogP contribution in [-0.4, -0.2) is 38.1 Å². The molecular weight excluding hydrogens is 212 g/mol. The van der Waals surface area contributed by atoms with Gasteiger partial charge in [-0.25, -0.2) is 9.98 Å². The van der Waals surface area contributed by atoms with Crippen molar-refractivity contribution in [2.75, 3.05) is 26.3 Å². The largest absolute Gasteiger partial charge is 0.475 e. The van der Waals surface area contributed by atoms with E-state index in [1.165, 1.54) is 0 Å². The molecule has 2 aliphatic rings. The summed E-state index contributed by atoms with van der Waals surface area (Å²) in [6.07, 6.45) is 0. The van der Waals surface area contributed by atoms with E-state index in [-0.39, 0.29) is 0 Å². The SMILES string of the molecule is c1cc(C2=NCCO2)sc1C1=NCCO1. The Hall–Kier alpha value is -1.36. The van der Waals surface area contributed by atoms with Gasteiger partial charge in [-0.2, -0.15) is 0 Å². The van der Waals surface area contributed by atoms with E-state index >= 15 is 0 Å². The van der Waals surface area contributed by atoms with Gasteiger partial charge in [-0.3, -0.25) is 0 Å². The number of hydrogen-bond donors (Lipinski definition) is 0. The fraction of sp³-hybridized carbons (Fsp3) is 0.400. The van der Waals surface area contributed by atoms with Crippen LogP contribution in [0.15, 0.2) is 22.1 Å². The highest BCUT2D eigenvalue weighted by molar-refractivity contribution is 7.16. The van der Waals surface area contributed by atoms with E-state index in [1.807, 2.05) is 12.1 Å². The van der Waals surface area contributed by atoms with Crippen LogP contribution in [0.4, 0.5) is 0 Å². The van der Waals surface area contributed by atoms with Gasteiger partial charge in [0, 0.05) is 0 Å². The number of aliphatic imine (C=N–C) groups is 2. The summed E-state index contributed by atoms with van der Waals surface area (Å²) in [5.41, 5.74) is 0. The highest BCUT2D eigenvalue weighted by Crippen LogP contribution is 2.21. The zero-order valence-electron chi connectivity index (χ0n) is 8.10. The van der Waals surface area contributed by atoms with Crippen LogP contribution >= 0.6 is 11.3 Å². The van der Waals surface area contributed by atoms with Gasteiger partial charge < -0.3 is 9.47 Å². The highest BCUT2D eigenvalue weighted by atomic mass is 32.1. The van der Waals surface area contributed by atoms with E-state index < -0.39 is 0 Å². The highest BCUT2D eigenvalue weighted by Gasteiger charge is 2.17. The molecule has 4 nitrogen and oxygen atoms in total. The molecule has 0 radical (unpaired) electrons. The zero-order valence-corrected chi connectivity index (χ0v) is 8.92. The van der Waals surface area contributed by atoms with Crippen molar-refractivity contribution in [3.63, 3.8) is 0 Å². The monoisotopic (exact) mass is 222 g/mol. The molecule has 3 rings (SSSR count). The molecule has 0 bridgehead atoms. The third kappa shape index (κ3) is 1.63. The lowest BCUT2D eigenvalue weighted by atomic mass is 10.4. The van der Waals surface area contributed by atoms with Gasteiger partial charge in [-0.1, -0.05) is 0 Å². The number of rotatable bonds is 2. The molecule has 0 spiro atoms. The molecule has 1 aromatic rings. The molecular formula is C10H10N2O2S. The lowest BCUT2D eigenvalue weighted by molar-refractivity contribution is 0.349. The second-order valence-corrected chi connectivity index (χ2v) is 4.32. The molecule has 0 fully saturated rings. The Kier molecular flexibility index (Phi) is 2.17. The lowest BCUT2D eigenvalue weighted by Crippen LogP contribution is -1.98. The van der Waals surface area contributed by atoms with E-state index in [9.17, 15) is 0 Å². The van der Waals surface area contributed by atoms with Crippen molar-refractivity contribution in [3.8, 4) is 0 Å². The average molecular weight is 222 g/mol. The minimum absolute atomic E-state index is 0.694. The van der Waals surface area contributed by atoms with Gasteiger partial charge in [0.25, 0.3) is 0 Å². The molecule has 0 saturated carbocycles. The molecule has 0 unspecified atom stereocenters. The summed E-state index contributed by atoms with van der Waals surface area (Å²) < 4.78 is 10.8. The number of thiophene rings is 1. The van der Waals surface area contributed by atoms with Crippen LogP contribution in [0.1, 0.15) is 9.75 Å². The molecule has 3 heterocycles. The predicted molar refractivity (Wildman–Crippen MR) is 59.0 cm³/mol. The van der Waals surface area contributed by atoms with Crippen molar-refractivity contribution in [3.05, 3.63) is 21.9 Å². The second kappa shape index (κ2) is 3.66. The molecule has 5 heteroatoms. The minimum Gasteiger partial charge on any atom is -0.475 e. The molecule has 0 saturated heterocycles. The molecule has 2 aliphatic heterocycles. The maximum absolute atomic E-state index is 5.39. The lowest BCUT2D eigenvalue weighted by Gasteiger charge is -1.97. The number of nitrogens with zero attached hydrogens (tertiary/aromatic N) is 2. The van der Waals surface area contributed by atoms with Crippen LogP contribution in [0, 0.1) is 0 Å². The zero-order chi connectivity index (χ0) is 10.1. The Morgan fingerprint density at radius 2 is 1.47 bits per heavy atom. The summed E-state index contributed by atoms with van der Waals surface area (Å²) in [5, 5.41) is 0. The van der Waals surface area contributed by atoms with Crippen molar-refractivity contribution in [2.45, 2.75) is 0 Å². The molecule has 78 valence electrons. The van der Waals surface area contributed by atoms with Crippen LogP contribution in [0.3, 0.4) is 0 Å². The van der Waals surface area contributed by atoms with Gasteiger partial charge in [0.1, 0.15) is 13.2 Å². The van der Waals surface area contributed by atoms with E-state index in [1.54, 1.807) is 11.3 Å². The summed E-state index contributed by atoms with van der Waals surface area (Å²) in [7, 11) is 0. The second-order valence-electron chi connectivity index (χ2n) is 3.23. The Bertz CT molecular complexity index is 398. The average Bonchev–Trinajstić information content (AvgIpc) is 3.02. The summed E-state index contributed by atoms with van der Waals surface area (Å²) in [5.74, 6) is 1.51. The third-order valence-electron chi connectivity index (χ3n) is 2.20. The Morgan fingerprint density at radius 3 is 1.87 bits per heavy atom. The van der Waals surface area contributed by atoms with Crippen LogP contribution in [0.25, 0.3) is 0 Å². The Labute approximate surface area is 91.3 Å². The molecule has 0 atom stereocenters. The first-order chi connectivity index (χ1) is 7.43. The van der Waals surface area contributed by atoms with Crippen LogP contribution < -0.4 is 0 Å². The summed E-state index contributed by atoms with van der Waals surface area (Å²) in [6, 6.07) is 4.02. The van der Waals surface area contributed by atoms with Crippen molar-refractivity contribution in [2.24, 2.45) is 9.98 Å². The van der Waals surface area contributed by atoms with Crippen LogP contribution in [-0.2, 0) is 9.47 Å². The minimum atomic E-state index is 0.694. The van der Waals surface area contributed by atoms with Crippen LogP contribution in [0.5, 0.6) is 0 Å². The number of ether oxygens (including phenoxy) is 2. The van der Waals surface area contributed by atoms with Gasteiger partial charge in [0.05, 0.1) is 22.8 Å². The molecule has 0 aromatic carbocycles. The van der Waals surface area contributed by atoms with Crippen LogP contribution in [0.2, 0.25) is 0 Å². The van der Waals surface area contributed by atoms with E-state index in [0.29, 0.717) is 13.2 Å². The van der Waals surface area contributed by atoms with Gasteiger partial charge in [0.2, 0.25) is 11.8 Å². The van der Waals surface area contributed by atoms with Crippen molar-refractivity contribution in [1.29, 1.82) is 0 Å². The Balaban J connectivity index is 1.87. The maximum atomic E-state index is 5.39.